The first-order valence-corrected chi connectivity index (χ1v) is 7.18. The van der Waals surface area contributed by atoms with Gasteiger partial charge in [0.1, 0.15) is 5.82 Å². The van der Waals surface area contributed by atoms with Crippen molar-refractivity contribution in [2.24, 2.45) is 0 Å². The van der Waals surface area contributed by atoms with E-state index >= 15 is 0 Å². The number of morpholine rings is 1. The third-order valence-corrected chi connectivity index (χ3v) is 4.11. The summed E-state index contributed by atoms with van der Waals surface area (Å²) in [7, 11) is 0. The number of likely N-dealkylation sites (N-methyl/N-ethyl adjacent to an activating group) is 1. The van der Waals surface area contributed by atoms with Gasteiger partial charge in [0.15, 0.2) is 0 Å². The first-order valence-electron chi connectivity index (χ1n) is 6.20. The summed E-state index contributed by atoms with van der Waals surface area (Å²) < 4.78 is 18.9. The van der Waals surface area contributed by atoms with E-state index in [1.807, 2.05) is 0 Å². The van der Waals surface area contributed by atoms with Gasteiger partial charge in [-0.05, 0) is 24.7 Å². The van der Waals surface area contributed by atoms with Crippen LogP contribution in [0, 0.1) is 5.82 Å². The van der Waals surface area contributed by atoms with Crippen molar-refractivity contribution in [3.8, 4) is 0 Å². The fraction of sp³-hybridized carbons (Fsp3) is 0.538. The van der Waals surface area contributed by atoms with Gasteiger partial charge in [-0.1, -0.05) is 6.92 Å². The second-order valence-electron chi connectivity index (χ2n) is 4.42. The van der Waals surface area contributed by atoms with E-state index in [1.54, 1.807) is 17.8 Å². The van der Waals surface area contributed by atoms with Gasteiger partial charge in [-0.2, -0.15) is 0 Å². The van der Waals surface area contributed by atoms with Gasteiger partial charge < -0.3 is 10.5 Å². The Morgan fingerprint density at radius 2 is 2.33 bits per heavy atom. The zero-order valence-electron chi connectivity index (χ0n) is 10.6. The summed E-state index contributed by atoms with van der Waals surface area (Å²) in [6.07, 6.45) is 0.216. The van der Waals surface area contributed by atoms with Crippen molar-refractivity contribution in [1.29, 1.82) is 0 Å². The molecule has 1 aromatic carbocycles. The average Bonchev–Trinajstić information content (AvgIpc) is 2.35. The van der Waals surface area contributed by atoms with Crippen molar-refractivity contribution in [2.45, 2.75) is 17.9 Å². The van der Waals surface area contributed by atoms with Crippen LogP contribution in [0.4, 0.5) is 10.1 Å². The molecule has 1 heterocycles. The van der Waals surface area contributed by atoms with Crippen LogP contribution in [0.3, 0.4) is 0 Å². The predicted molar refractivity (Wildman–Crippen MR) is 73.4 cm³/mol. The monoisotopic (exact) mass is 270 g/mol. The SMILES string of the molecule is CCN1CCOC(CSc2cc(N)cc(F)c2)C1. The van der Waals surface area contributed by atoms with E-state index in [9.17, 15) is 4.39 Å². The van der Waals surface area contributed by atoms with E-state index < -0.39 is 0 Å². The maximum Gasteiger partial charge on any atom is 0.126 e. The number of nitrogens with zero attached hydrogens (tertiary/aromatic N) is 1. The molecule has 1 aromatic rings. The quantitative estimate of drug-likeness (QED) is 0.672. The van der Waals surface area contributed by atoms with E-state index in [1.165, 1.54) is 12.1 Å². The summed E-state index contributed by atoms with van der Waals surface area (Å²) in [6, 6.07) is 4.65. The predicted octanol–water partition coefficient (Wildman–Crippen LogP) is 2.22. The molecule has 0 aliphatic carbocycles. The molecule has 3 nitrogen and oxygen atoms in total. The molecule has 0 saturated carbocycles. The van der Waals surface area contributed by atoms with Crippen molar-refractivity contribution in [1.82, 2.24) is 4.90 Å². The highest BCUT2D eigenvalue weighted by molar-refractivity contribution is 7.99. The Morgan fingerprint density at radius 1 is 1.50 bits per heavy atom. The van der Waals surface area contributed by atoms with Crippen molar-refractivity contribution >= 4 is 17.4 Å². The molecule has 0 amide bonds. The lowest BCUT2D eigenvalue weighted by atomic mass is 10.3. The zero-order chi connectivity index (χ0) is 13.0. The minimum atomic E-state index is -0.280. The van der Waals surface area contributed by atoms with Crippen LogP contribution in [-0.2, 0) is 4.74 Å². The smallest absolute Gasteiger partial charge is 0.126 e. The highest BCUT2D eigenvalue weighted by Gasteiger charge is 2.19. The molecule has 18 heavy (non-hydrogen) atoms. The van der Waals surface area contributed by atoms with Crippen molar-refractivity contribution in [3.05, 3.63) is 24.0 Å². The van der Waals surface area contributed by atoms with Crippen LogP contribution in [0.15, 0.2) is 23.1 Å². The van der Waals surface area contributed by atoms with Gasteiger partial charge in [0.2, 0.25) is 0 Å². The number of halogens is 1. The summed E-state index contributed by atoms with van der Waals surface area (Å²) in [5, 5.41) is 0. The second kappa shape index (κ2) is 6.41. The molecule has 2 N–H and O–H groups in total. The number of thioether (sulfide) groups is 1. The number of ether oxygens (including phenoxy) is 1. The molecule has 1 unspecified atom stereocenters. The number of hydrogen-bond acceptors (Lipinski definition) is 4. The van der Waals surface area contributed by atoms with Crippen LogP contribution >= 0.6 is 11.8 Å². The Bertz CT molecular complexity index is 382. The first-order chi connectivity index (χ1) is 8.67. The van der Waals surface area contributed by atoms with Crippen LogP contribution in [0.25, 0.3) is 0 Å². The summed E-state index contributed by atoms with van der Waals surface area (Å²) >= 11 is 1.60. The van der Waals surface area contributed by atoms with Crippen molar-refractivity contribution < 1.29 is 9.13 Å². The Morgan fingerprint density at radius 3 is 3.06 bits per heavy atom. The van der Waals surface area contributed by atoms with Gasteiger partial charge in [-0.25, -0.2) is 4.39 Å². The van der Waals surface area contributed by atoms with Gasteiger partial charge >= 0.3 is 0 Å². The Labute approximate surface area is 111 Å². The Hall–Kier alpha value is -0.780. The third-order valence-electron chi connectivity index (χ3n) is 3.00. The topological polar surface area (TPSA) is 38.5 Å². The highest BCUT2D eigenvalue weighted by atomic mass is 32.2. The van der Waals surface area contributed by atoms with Crippen molar-refractivity contribution in [2.75, 3.05) is 37.7 Å². The van der Waals surface area contributed by atoms with Crippen LogP contribution < -0.4 is 5.73 Å². The largest absolute Gasteiger partial charge is 0.399 e. The number of nitrogen functional groups attached to an aromatic ring is 1. The number of nitrogens with two attached hydrogens (primary N) is 1. The summed E-state index contributed by atoms with van der Waals surface area (Å²) in [5.41, 5.74) is 6.09. The number of benzene rings is 1. The van der Waals surface area contributed by atoms with Gasteiger partial charge in [0.05, 0.1) is 12.7 Å². The van der Waals surface area contributed by atoms with Crippen LogP contribution in [-0.4, -0.2) is 43.0 Å². The maximum atomic E-state index is 13.2. The van der Waals surface area contributed by atoms with E-state index in [0.29, 0.717) is 5.69 Å². The molecule has 2 rings (SSSR count). The molecule has 1 aliphatic heterocycles. The lowest BCUT2D eigenvalue weighted by Gasteiger charge is -2.31. The van der Waals surface area contributed by atoms with E-state index in [-0.39, 0.29) is 11.9 Å². The van der Waals surface area contributed by atoms with Crippen molar-refractivity contribution in [3.63, 3.8) is 0 Å². The number of rotatable bonds is 4. The molecule has 0 aromatic heterocycles. The molecule has 0 radical (unpaired) electrons. The number of hydrogen-bond donors (Lipinski definition) is 1. The fourth-order valence-corrected chi connectivity index (χ4v) is 3.02. The molecule has 0 bridgehead atoms. The average molecular weight is 270 g/mol. The third kappa shape index (κ3) is 3.86. The maximum absolute atomic E-state index is 13.2. The normalized spacial score (nSPS) is 21.1. The van der Waals surface area contributed by atoms with Gasteiger partial charge in [-0.15, -0.1) is 11.8 Å². The molecule has 1 atom stereocenters. The molecule has 5 heteroatoms. The van der Waals surface area contributed by atoms with E-state index in [2.05, 4.69) is 11.8 Å². The minimum Gasteiger partial charge on any atom is -0.399 e. The fourth-order valence-electron chi connectivity index (χ4n) is 2.03. The molecule has 100 valence electrons. The molecular formula is C13H19FN2OS. The molecular weight excluding hydrogens is 251 g/mol. The number of anilines is 1. The Kier molecular flexibility index (Phi) is 4.86. The standard InChI is InChI=1S/C13H19FN2OS/c1-2-16-3-4-17-12(8-16)9-18-13-6-10(14)5-11(15)7-13/h5-7,12H,2-4,8-9,15H2,1H3. The molecule has 0 spiro atoms. The van der Waals surface area contributed by atoms with Gasteiger partial charge in [-0.3, -0.25) is 4.90 Å². The Balaban J connectivity index is 1.87. The molecule has 1 aliphatic rings. The summed E-state index contributed by atoms with van der Waals surface area (Å²) in [6.45, 7) is 5.95. The lowest BCUT2D eigenvalue weighted by Crippen LogP contribution is -2.43. The van der Waals surface area contributed by atoms with Gasteiger partial charge in [0, 0.05) is 29.4 Å². The van der Waals surface area contributed by atoms with Gasteiger partial charge in [0.25, 0.3) is 0 Å². The molecule has 1 fully saturated rings. The second-order valence-corrected chi connectivity index (χ2v) is 5.51. The first kappa shape index (κ1) is 13.6. The van der Waals surface area contributed by atoms with E-state index in [4.69, 9.17) is 10.5 Å². The van der Waals surface area contributed by atoms with Crippen LogP contribution in [0.2, 0.25) is 0 Å². The van der Waals surface area contributed by atoms with E-state index in [0.717, 1.165) is 36.9 Å². The lowest BCUT2D eigenvalue weighted by molar-refractivity contribution is -0.0137. The molecule has 1 saturated heterocycles. The minimum absolute atomic E-state index is 0.216. The van der Waals surface area contributed by atoms with Crippen LogP contribution in [0.1, 0.15) is 6.92 Å². The highest BCUT2D eigenvalue weighted by Crippen LogP contribution is 2.24. The van der Waals surface area contributed by atoms with Crippen LogP contribution in [0.5, 0.6) is 0 Å². The zero-order valence-corrected chi connectivity index (χ0v) is 11.4. The summed E-state index contributed by atoms with van der Waals surface area (Å²) in [5.74, 6) is 0.552. The summed E-state index contributed by atoms with van der Waals surface area (Å²) in [4.78, 5) is 3.24.